The van der Waals surface area contributed by atoms with Crippen LogP contribution in [0.15, 0.2) is 85.1 Å². The molecule has 4 heterocycles. The minimum absolute atomic E-state index is 0.203. The molecule has 7 rings (SSSR count). The van der Waals surface area contributed by atoms with Crippen LogP contribution in [0.1, 0.15) is 74.6 Å². The molecule has 2 aromatic heterocycles. The molecular weight excluding hydrogens is 667 g/mol. The number of nitrogens with one attached hydrogen (secondary N) is 3. The SMILES string of the molecule is Cc1cc(-c2ccnc3cc(-c4ccc(CN5CCC(c6ccc(NC7CCC(=O)NC7=O)cc6)CC5)cc4)nn23)ccc1CNC(=O)OC(C)(C)C. The number of aryl methyl sites for hydroxylation is 1. The lowest BCUT2D eigenvalue weighted by molar-refractivity contribution is -0.133. The Labute approximate surface area is 310 Å². The van der Waals surface area contributed by atoms with Crippen LogP contribution < -0.4 is 16.0 Å². The van der Waals surface area contributed by atoms with Crippen molar-refractivity contribution in [2.45, 2.75) is 84.0 Å². The van der Waals surface area contributed by atoms with Gasteiger partial charge in [0.25, 0.3) is 0 Å². The normalized spacial score (nSPS) is 17.1. The first-order chi connectivity index (χ1) is 25.5. The topological polar surface area (TPSA) is 130 Å². The molecule has 0 aliphatic carbocycles. The number of likely N-dealkylation sites (tertiary alicyclic amines) is 1. The molecule has 274 valence electrons. The third-order valence-corrected chi connectivity index (χ3v) is 10.0. The average molecular weight is 714 g/mol. The molecule has 2 aliphatic heterocycles. The maximum atomic E-state index is 12.2. The first-order valence-corrected chi connectivity index (χ1v) is 18.4. The van der Waals surface area contributed by atoms with Crippen molar-refractivity contribution in [1.29, 1.82) is 0 Å². The predicted octanol–water partition coefficient (Wildman–Crippen LogP) is 6.99. The highest BCUT2D eigenvalue weighted by atomic mass is 16.6. The Hall–Kier alpha value is -5.55. The third kappa shape index (κ3) is 8.74. The number of anilines is 1. The summed E-state index contributed by atoms with van der Waals surface area (Å²) >= 11 is 0. The number of ether oxygens (including phenoxy) is 1. The van der Waals surface area contributed by atoms with Crippen LogP contribution in [0.3, 0.4) is 0 Å². The molecule has 2 saturated heterocycles. The van der Waals surface area contributed by atoms with Crippen LogP contribution in [0.25, 0.3) is 28.2 Å². The zero-order valence-corrected chi connectivity index (χ0v) is 30.8. The molecule has 1 unspecified atom stereocenters. The molecule has 53 heavy (non-hydrogen) atoms. The number of aromatic nitrogens is 3. The van der Waals surface area contributed by atoms with Gasteiger partial charge in [0.05, 0.1) is 11.4 Å². The van der Waals surface area contributed by atoms with Gasteiger partial charge in [-0.15, -0.1) is 0 Å². The monoisotopic (exact) mass is 713 g/mol. The van der Waals surface area contributed by atoms with Gasteiger partial charge in [0, 0.05) is 48.6 Å². The Morgan fingerprint density at radius 3 is 2.36 bits per heavy atom. The summed E-state index contributed by atoms with van der Waals surface area (Å²) in [5, 5.41) is 13.5. The van der Waals surface area contributed by atoms with Gasteiger partial charge in [0.15, 0.2) is 5.65 Å². The Kier molecular flexibility index (Phi) is 10.3. The number of benzene rings is 3. The van der Waals surface area contributed by atoms with E-state index in [1.165, 1.54) is 11.1 Å². The van der Waals surface area contributed by atoms with E-state index in [0.29, 0.717) is 25.3 Å². The molecule has 11 nitrogen and oxygen atoms in total. The van der Waals surface area contributed by atoms with Crippen LogP contribution >= 0.6 is 0 Å². The molecule has 0 spiro atoms. The van der Waals surface area contributed by atoms with Crippen molar-refractivity contribution in [2.75, 3.05) is 18.4 Å². The standard InChI is InChI=1S/C42H47N7O4/c1-27-23-32(9-10-33(27)25-44-41(52)53-42(2,3)4)37-17-20-43-38-24-36(47-49(37)38)31-7-5-28(6-8-31)26-48-21-18-30(19-22-48)29-11-13-34(14-12-29)45-35-15-16-39(50)46-40(35)51/h5-14,17,20,23-24,30,35,45H,15-16,18-19,21-22,25-26H2,1-4H3,(H,44,52)(H,46,50,51). The van der Waals surface area contributed by atoms with Gasteiger partial charge in [0.1, 0.15) is 11.6 Å². The van der Waals surface area contributed by atoms with Crippen LogP contribution in [-0.2, 0) is 27.4 Å². The lowest BCUT2D eigenvalue weighted by Crippen LogP contribution is -2.47. The van der Waals surface area contributed by atoms with Crippen LogP contribution in [-0.4, -0.2) is 62.1 Å². The minimum Gasteiger partial charge on any atom is -0.444 e. The van der Waals surface area contributed by atoms with Crippen molar-refractivity contribution in [3.63, 3.8) is 0 Å². The molecule has 3 amide bonds. The smallest absolute Gasteiger partial charge is 0.407 e. The summed E-state index contributed by atoms with van der Waals surface area (Å²) in [4.78, 5) is 42.8. The number of nitrogens with zero attached hydrogens (tertiary/aromatic N) is 4. The highest BCUT2D eigenvalue weighted by Gasteiger charge is 2.27. The molecule has 2 aliphatic rings. The molecular formula is C42H47N7O4. The second kappa shape index (κ2) is 15.2. The number of rotatable bonds is 9. The van der Waals surface area contributed by atoms with Crippen LogP contribution in [0, 0.1) is 6.92 Å². The number of amides is 3. The van der Waals surface area contributed by atoms with E-state index >= 15 is 0 Å². The van der Waals surface area contributed by atoms with Gasteiger partial charge in [0.2, 0.25) is 11.8 Å². The second-order valence-electron chi connectivity index (χ2n) is 15.1. The molecule has 0 bridgehead atoms. The average Bonchev–Trinajstić information content (AvgIpc) is 3.57. The van der Waals surface area contributed by atoms with E-state index in [-0.39, 0.29) is 17.9 Å². The summed E-state index contributed by atoms with van der Waals surface area (Å²) in [6.45, 7) is 10.9. The largest absolute Gasteiger partial charge is 0.444 e. The summed E-state index contributed by atoms with van der Waals surface area (Å²) in [6, 6.07) is 26.9. The Morgan fingerprint density at radius 1 is 0.925 bits per heavy atom. The second-order valence-corrected chi connectivity index (χ2v) is 15.1. The van der Waals surface area contributed by atoms with Crippen molar-refractivity contribution < 1.29 is 19.1 Å². The fraction of sp³-hybridized carbons (Fsp3) is 0.357. The Balaban J connectivity index is 0.937. The van der Waals surface area contributed by atoms with E-state index in [9.17, 15) is 14.4 Å². The number of hydrogen-bond acceptors (Lipinski definition) is 8. The van der Waals surface area contributed by atoms with Gasteiger partial charge in [-0.3, -0.25) is 19.8 Å². The number of fused-ring (bicyclic) bond motifs is 1. The molecule has 3 N–H and O–H groups in total. The molecule has 2 fully saturated rings. The molecule has 11 heteroatoms. The van der Waals surface area contributed by atoms with Crippen molar-refractivity contribution >= 4 is 29.2 Å². The van der Waals surface area contributed by atoms with Gasteiger partial charge in [-0.05, 0) is 112 Å². The zero-order chi connectivity index (χ0) is 37.1. The van der Waals surface area contributed by atoms with Crippen LogP contribution in [0.4, 0.5) is 10.5 Å². The quantitative estimate of drug-likeness (QED) is 0.139. The number of alkyl carbamates (subject to hydrolysis) is 1. The minimum atomic E-state index is -0.543. The van der Waals surface area contributed by atoms with Crippen LogP contribution in [0.5, 0.6) is 0 Å². The lowest BCUT2D eigenvalue weighted by Gasteiger charge is -2.32. The highest BCUT2D eigenvalue weighted by molar-refractivity contribution is 6.01. The van der Waals surface area contributed by atoms with E-state index in [4.69, 9.17) is 9.84 Å². The number of piperidine rings is 2. The summed E-state index contributed by atoms with van der Waals surface area (Å²) < 4.78 is 7.27. The fourth-order valence-electron chi connectivity index (χ4n) is 7.14. The van der Waals surface area contributed by atoms with Crippen LogP contribution in [0.2, 0.25) is 0 Å². The van der Waals surface area contributed by atoms with Crippen molar-refractivity contribution in [3.05, 3.63) is 107 Å². The fourth-order valence-corrected chi connectivity index (χ4v) is 7.14. The molecule has 0 radical (unpaired) electrons. The van der Waals surface area contributed by atoms with Gasteiger partial charge in [-0.25, -0.2) is 14.3 Å². The van der Waals surface area contributed by atoms with E-state index in [1.54, 1.807) is 0 Å². The maximum Gasteiger partial charge on any atom is 0.407 e. The predicted molar refractivity (Wildman–Crippen MR) is 205 cm³/mol. The van der Waals surface area contributed by atoms with Crippen molar-refractivity contribution in [3.8, 4) is 22.5 Å². The first-order valence-electron chi connectivity index (χ1n) is 18.4. The summed E-state index contributed by atoms with van der Waals surface area (Å²) in [5.41, 5.74) is 9.68. The van der Waals surface area contributed by atoms with E-state index in [1.807, 2.05) is 74.8 Å². The number of carbonyl (C=O) groups excluding carboxylic acids is 3. The lowest BCUT2D eigenvalue weighted by atomic mass is 9.89. The third-order valence-electron chi connectivity index (χ3n) is 10.0. The Morgan fingerprint density at radius 2 is 1.66 bits per heavy atom. The number of hydrogen-bond donors (Lipinski definition) is 3. The highest BCUT2D eigenvalue weighted by Crippen LogP contribution is 2.31. The number of carbonyl (C=O) groups is 3. The molecule has 5 aromatic rings. The summed E-state index contributed by atoms with van der Waals surface area (Å²) in [6.07, 6.45) is 4.45. The van der Waals surface area contributed by atoms with E-state index in [2.05, 4.69) is 68.3 Å². The number of imide groups is 1. The first kappa shape index (κ1) is 35.8. The molecule has 3 aromatic carbocycles. The van der Waals surface area contributed by atoms with Crippen molar-refractivity contribution in [1.82, 2.24) is 30.1 Å². The molecule has 1 atom stereocenters. The summed E-state index contributed by atoms with van der Waals surface area (Å²) in [7, 11) is 0. The van der Waals surface area contributed by atoms with E-state index in [0.717, 1.165) is 77.5 Å². The maximum absolute atomic E-state index is 12.2. The Bertz CT molecular complexity index is 2110. The van der Waals surface area contributed by atoms with E-state index < -0.39 is 11.7 Å². The van der Waals surface area contributed by atoms with Gasteiger partial charge < -0.3 is 15.4 Å². The van der Waals surface area contributed by atoms with Gasteiger partial charge >= 0.3 is 6.09 Å². The zero-order valence-electron chi connectivity index (χ0n) is 30.8. The summed E-state index contributed by atoms with van der Waals surface area (Å²) in [5.74, 6) is 0.0530. The molecule has 0 saturated carbocycles. The van der Waals surface area contributed by atoms with Gasteiger partial charge in [-0.1, -0.05) is 48.5 Å². The van der Waals surface area contributed by atoms with Crippen molar-refractivity contribution in [2.24, 2.45) is 0 Å². The van der Waals surface area contributed by atoms with Gasteiger partial charge in [-0.2, -0.15) is 5.10 Å².